The Morgan fingerprint density at radius 1 is 1.07 bits per heavy atom. The van der Waals surface area contributed by atoms with E-state index in [9.17, 15) is 24.6 Å². The summed E-state index contributed by atoms with van der Waals surface area (Å²) in [6, 6.07) is 3.03. The average molecular weight is 368 g/mol. The van der Waals surface area contributed by atoms with Crippen LogP contribution in [0.3, 0.4) is 0 Å². The van der Waals surface area contributed by atoms with Crippen molar-refractivity contribution in [3.05, 3.63) is 34.4 Å². The Morgan fingerprint density at radius 2 is 1.74 bits per heavy atom. The van der Waals surface area contributed by atoms with Crippen LogP contribution in [0.25, 0.3) is 10.8 Å². The fraction of sp³-hybridized carbons (Fsp3) is 0.381. The van der Waals surface area contributed by atoms with Gasteiger partial charge in [0.1, 0.15) is 23.2 Å². The molecule has 27 heavy (non-hydrogen) atoms. The van der Waals surface area contributed by atoms with E-state index < -0.39 is 29.2 Å². The summed E-state index contributed by atoms with van der Waals surface area (Å²) in [6.45, 7) is 6.71. The van der Waals surface area contributed by atoms with Crippen molar-refractivity contribution >= 4 is 28.3 Å². The van der Waals surface area contributed by atoms with Crippen LogP contribution in [0.2, 0.25) is 0 Å². The molecule has 2 aliphatic rings. The minimum absolute atomic E-state index is 0.0162. The predicted octanol–water partition coefficient (Wildman–Crippen LogP) is 3.03. The summed E-state index contributed by atoms with van der Waals surface area (Å²) in [5, 5.41) is 22.3. The number of Topliss-reactive ketones (excluding diaryl/α,β-unsaturated/α-hetero) is 2. The maximum atomic E-state index is 12.8. The molecule has 6 nitrogen and oxygen atoms in total. The molecule has 2 N–H and O–H groups in total. The number of benzene rings is 2. The van der Waals surface area contributed by atoms with E-state index >= 15 is 0 Å². The van der Waals surface area contributed by atoms with Gasteiger partial charge in [0.05, 0.1) is 11.5 Å². The third-order valence-electron chi connectivity index (χ3n) is 5.81. The van der Waals surface area contributed by atoms with E-state index in [0.717, 1.165) is 0 Å². The van der Waals surface area contributed by atoms with Gasteiger partial charge in [-0.25, -0.2) is 4.79 Å². The highest BCUT2D eigenvalue weighted by atomic mass is 16.5. The van der Waals surface area contributed by atoms with Crippen LogP contribution in [0.5, 0.6) is 11.5 Å². The van der Waals surface area contributed by atoms with Crippen molar-refractivity contribution in [1.29, 1.82) is 0 Å². The summed E-state index contributed by atoms with van der Waals surface area (Å²) in [5.74, 6) is -2.63. The zero-order chi connectivity index (χ0) is 19.8. The highest BCUT2D eigenvalue weighted by Crippen LogP contribution is 2.47. The van der Waals surface area contributed by atoms with Crippen LogP contribution in [-0.2, 0) is 21.4 Å². The number of carbonyl (C=O) groups excluding carboxylic acids is 3. The molecule has 2 aromatic rings. The molecule has 0 spiro atoms. The first-order valence-electron chi connectivity index (χ1n) is 8.90. The van der Waals surface area contributed by atoms with Gasteiger partial charge < -0.3 is 14.9 Å². The van der Waals surface area contributed by atoms with Gasteiger partial charge in [-0.05, 0) is 56.3 Å². The Kier molecular flexibility index (Phi) is 3.45. The highest BCUT2D eigenvalue weighted by Gasteiger charge is 2.46. The van der Waals surface area contributed by atoms with Gasteiger partial charge in [-0.3, -0.25) is 9.59 Å². The van der Waals surface area contributed by atoms with Gasteiger partial charge >= 0.3 is 5.97 Å². The van der Waals surface area contributed by atoms with Crippen LogP contribution in [0.15, 0.2) is 12.1 Å². The van der Waals surface area contributed by atoms with Crippen LogP contribution < -0.4 is 0 Å². The summed E-state index contributed by atoms with van der Waals surface area (Å²) in [6.07, 6.45) is -0.109. The predicted molar refractivity (Wildman–Crippen MR) is 97.4 cm³/mol. The Labute approximate surface area is 155 Å². The number of rotatable bonds is 0. The van der Waals surface area contributed by atoms with Crippen molar-refractivity contribution in [1.82, 2.24) is 0 Å². The maximum absolute atomic E-state index is 12.8. The first kappa shape index (κ1) is 17.5. The summed E-state index contributed by atoms with van der Waals surface area (Å²) in [5.41, 5.74) is 0.0867. The molecule has 1 heterocycles. The quantitative estimate of drug-likeness (QED) is 0.548. The van der Waals surface area contributed by atoms with Crippen molar-refractivity contribution in [3.63, 3.8) is 0 Å². The van der Waals surface area contributed by atoms with Crippen LogP contribution >= 0.6 is 0 Å². The standard InChI is InChI=1S/C21H20O6/c1-8-5-11-14-10(7-13(22)15(11)20(26)27-8)6-12-16(18(14)24)17(23)9(2)19(25)21(12,3)4/h6-9,22,24H,5H2,1-4H3. The van der Waals surface area contributed by atoms with E-state index in [1.807, 2.05) is 0 Å². The first-order valence-corrected chi connectivity index (χ1v) is 8.90. The summed E-state index contributed by atoms with van der Waals surface area (Å²) in [4.78, 5) is 37.7. The minimum Gasteiger partial charge on any atom is -0.507 e. The molecule has 0 saturated carbocycles. The minimum atomic E-state index is -0.952. The van der Waals surface area contributed by atoms with Crippen molar-refractivity contribution in [2.24, 2.45) is 5.92 Å². The number of ketones is 2. The Hall–Kier alpha value is -2.89. The van der Waals surface area contributed by atoms with Gasteiger partial charge in [0.15, 0.2) is 11.6 Å². The van der Waals surface area contributed by atoms with Crippen molar-refractivity contribution < 1.29 is 29.3 Å². The fourth-order valence-electron chi connectivity index (χ4n) is 4.37. The van der Waals surface area contributed by atoms with Crippen LogP contribution in [0.4, 0.5) is 0 Å². The number of hydrogen-bond acceptors (Lipinski definition) is 6. The monoisotopic (exact) mass is 368 g/mol. The maximum Gasteiger partial charge on any atom is 0.342 e. The molecule has 0 fully saturated rings. The molecule has 2 unspecified atom stereocenters. The molecule has 1 aliphatic heterocycles. The van der Waals surface area contributed by atoms with Crippen LogP contribution in [0.1, 0.15) is 59.5 Å². The number of hydrogen-bond donors (Lipinski definition) is 2. The summed E-state index contributed by atoms with van der Waals surface area (Å²) >= 11 is 0. The average Bonchev–Trinajstić information content (AvgIpc) is 2.57. The second-order valence-corrected chi connectivity index (χ2v) is 7.99. The van der Waals surface area contributed by atoms with Crippen LogP contribution in [0, 0.1) is 5.92 Å². The Bertz CT molecular complexity index is 1060. The third kappa shape index (κ3) is 2.16. The number of ether oxygens (including phenoxy) is 1. The lowest BCUT2D eigenvalue weighted by Gasteiger charge is -2.35. The van der Waals surface area contributed by atoms with E-state index in [4.69, 9.17) is 4.74 Å². The van der Waals surface area contributed by atoms with Gasteiger partial charge in [0, 0.05) is 17.2 Å². The lowest BCUT2D eigenvalue weighted by Crippen LogP contribution is -2.43. The zero-order valence-corrected chi connectivity index (χ0v) is 15.5. The molecule has 0 radical (unpaired) electrons. The smallest absolute Gasteiger partial charge is 0.342 e. The van der Waals surface area contributed by atoms with Crippen molar-refractivity contribution in [2.75, 3.05) is 0 Å². The first-order chi connectivity index (χ1) is 12.6. The van der Waals surface area contributed by atoms with Gasteiger partial charge in [-0.1, -0.05) is 0 Å². The molecule has 140 valence electrons. The number of phenolic OH excluding ortho intramolecular Hbond substituents is 2. The van der Waals surface area contributed by atoms with E-state index in [1.54, 1.807) is 33.8 Å². The number of aromatic hydroxyl groups is 2. The number of carbonyl (C=O) groups is 3. The summed E-state index contributed by atoms with van der Waals surface area (Å²) < 4.78 is 5.19. The van der Waals surface area contributed by atoms with Crippen molar-refractivity contribution in [3.8, 4) is 11.5 Å². The normalized spacial score (nSPS) is 23.8. The van der Waals surface area contributed by atoms with Gasteiger partial charge in [-0.2, -0.15) is 0 Å². The molecule has 6 heteroatoms. The van der Waals surface area contributed by atoms with E-state index in [-0.39, 0.29) is 28.4 Å². The van der Waals surface area contributed by atoms with Crippen LogP contribution in [-0.4, -0.2) is 33.9 Å². The van der Waals surface area contributed by atoms with E-state index in [0.29, 0.717) is 28.3 Å². The highest BCUT2D eigenvalue weighted by molar-refractivity contribution is 6.21. The molecule has 0 amide bonds. The second-order valence-electron chi connectivity index (χ2n) is 7.99. The number of cyclic esters (lactones) is 1. The Morgan fingerprint density at radius 3 is 2.41 bits per heavy atom. The fourth-order valence-corrected chi connectivity index (χ4v) is 4.37. The molecule has 0 bridgehead atoms. The van der Waals surface area contributed by atoms with E-state index in [1.165, 1.54) is 6.07 Å². The molecule has 2 aromatic carbocycles. The SMILES string of the molecule is CC1Cc2c(c(O)cc3cc4c(c(O)c23)C(=O)C(C)C(=O)C4(C)C)C(=O)O1. The number of phenols is 2. The van der Waals surface area contributed by atoms with Gasteiger partial charge in [0.25, 0.3) is 0 Å². The molecular formula is C21H20O6. The number of esters is 1. The zero-order valence-electron chi connectivity index (χ0n) is 15.5. The van der Waals surface area contributed by atoms with E-state index in [2.05, 4.69) is 0 Å². The molecule has 0 saturated heterocycles. The topological polar surface area (TPSA) is 101 Å². The molecule has 0 aromatic heterocycles. The molecule has 1 aliphatic carbocycles. The Balaban J connectivity index is 2.16. The molecular weight excluding hydrogens is 348 g/mol. The lowest BCUT2D eigenvalue weighted by atomic mass is 9.66. The third-order valence-corrected chi connectivity index (χ3v) is 5.81. The molecule has 4 rings (SSSR count). The summed E-state index contributed by atoms with van der Waals surface area (Å²) in [7, 11) is 0. The van der Waals surface area contributed by atoms with Gasteiger partial charge in [0.2, 0.25) is 0 Å². The number of fused-ring (bicyclic) bond motifs is 4. The lowest BCUT2D eigenvalue weighted by molar-refractivity contribution is -0.126. The van der Waals surface area contributed by atoms with Crippen molar-refractivity contribution in [2.45, 2.75) is 45.6 Å². The molecule has 2 atom stereocenters. The largest absolute Gasteiger partial charge is 0.507 e. The second kappa shape index (κ2) is 5.31. The van der Waals surface area contributed by atoms with Gasteiger partial charge in [-0.15, -0.1) is 0 Å².